The molecule has 0 aliphatic heterocycles. The largest absolute Gasteiger partial charge is 0.416 e. The molecule has 0 unspecified atom stereocenters. The monoisotopic (exact) mass is 324 g/mol. The molecule has 2 aromatic carbocycles. The van der Waals surface area contributed by atoms with E-state index in [0.717, 1.165) is 24.3 Å². The highest BCUT2D eigenvalue weighted by atomic mass is 19.4. The van der Waals surface area contributed by atoms with Crippen molar-refractivity contribution >= 4 is 17.3 Å². The third kappa shape index (κ3) is 3.85. The first-order chi connectivity index (χ1) is 10.7. The molecular formula is C15H11F3N2O3. The van der Waals surface area contributed by atoms with Gasteiger partial charge >= 0.3 is 6.18 Å². The molecule has 0 saturated carbocycles. The van der Waals surface area contributed by atoms with Crippen LogP contribution in [0.5, 0.6) is 0 Å². The van der Waals surface area contributed by atoms with Crippen molar-refractivity contribution in [3.05, 3.63) is 69.3 Å². The van der Waals surface area contributed by atoms with E-state index in [4.69, 9.17) is 0 Å². The topological polar surface area (TPSA) is 72.2 Å². The van der Waals surface area contributed by atoms with Gasteiger partial charge in [0, 0.05) is 23.4 Å². The average Bonchev–Trinajstić information content (AvgIpc) is 2.48. The molecule has 0 saturated heterocycles. The van der Waals surface area contributed by atoms with Crippen molar-refractivity contribution in [2.24, 2.45) is 0 Å². The summed E-state index contributed by atoms with van der Waals surface area (Å²) in [6, 6.07) is 7.67. The summed E-state index contributed by atoms with van der Waals surface area (Å²) in [5.74, 6) is -0.601. The summed E-state index contributed by atoms with van der Waals surface area (Å²) in [5, 5.41) is 13.2. The lowest BCUT2D eigenvalue weighted by Gasteiger charge is -2.10. The standard InChI is InChI=1S/C15H11F3N2O3/c1-9-8-12(20(22)23)6-7-13(9)19-14(21)10-2-4-11(5-3-10)15(16,17)18/h2-8H,1H3,(H,19,21). The number of nitrogens with one attached hydrogen (secondary N) is 1. The molecule has 23 heavy (non-hydrogen) atoms. The van der Waals surface area contributed by atoms with Crippen LogP contribution in [0, 0.1) is 17.0 Å². The van der Waals surface area contributed by atoms with E-state index in [0.29, 0.717) is 11.3 Å². The van der Waals surface area contributed by atoms with Crippen molar-refractivity contribution in [1.29, 1.82) is 0 Å². The number of aryl methyl sites for hydroxylation is 1. The fraction of sp³-hybridized carbons (Fsp3) is 0.133. The summed E-state index contributed by atoms with van der Waals surface area (Å²) in [6.07, 6.45) is -4.47. The number of rotatable bonds is 3. The van der Waals surface area contributed by atoms with E-state index in [1.807, 2.05) is 0 Å². The Morgan fingerprint density at radius 3 is 2.22 bits per heavy atom. The minimum Gasteiger partial charge on any atom is -0.322 e. The zero-order chi connectivity index (χ0) is 17.2. The molecule has 0 aromatic heterocycles. The van der Waals surface area contributed by atoms with Gasteiger partial charge in [0.15, 0.2) is 0 Å². The zero-order valence-electron chi connectivity index (χ0n) is 11.8. The molecule has 2 rings (SSSR count). The molecule has 0 aliphatic rings. The number of benzene rings is 2. The summed E-state index contributed by atoms with van der Waals surface area (Å²) < 4.78 is 37.4. The predicted molar refractivity (Wildman–Crippen MR) is 77.2 cm³/mol. The first kappa shape index (κ1) is 16.5. The number of carbonyl (C=O) groups is 1. The summed E-state index contributed by atoms with van der Waals surface area (Å²) in [6.45, 7) is 1.58. The highest BCUT2D eigenvalue weighted by molar-refractivity contribution is 6.04. The lowest BCUT2D eigenvalue weighted by Crippen LogP contribution is -2.13. The average molecular weight is 324 g/mol. The van der Waals surface area contributed by atoms with Gasteiger partial charge < -0.3 is 5.32 Å². The molecule has 0 atom stereocenters. The maximum absolute atomic E-state index is 12.5. The first-order valence-corrected chi connectivity index (χ1v) is 6.42. The second-order valence-corrected chi connectivity index (χ2v) is 4.79. The second-order valence-electron chi connectivity index (χ2n) is 4.79. The Balaban J connectivity index is 2.17. The number of nitro groups is 1. The number of halogens is 3. The molecule has 0 radical (unpaired) electrons. The SMILES string of the molecule is Cc1cc([N+](=O)[O-])ccc1NC(=O)c1ccc(C(F)(F)F)cc1. The van der Waals surface area contributed by atoms with Gasteiger partial charge in [0.05, 0.1) is 10.5 Å². The van der Waals surface area contributed by atoms with Gasteiger partial charge in [0.25, 0.3) is 11.6 Å². The third-order valence-corrected chi connectivity index (χ3v) is 3.14. The summed E-state index contributed by atoms with van der Waals surface area (Å²) >= 11 is 0. The lowest BCUT2D eigenvalue weighted by atomic mass is 10.1. The summed E-state index contributed by atoms with van der Waals surface area (Å²) in [7, 11) is 0. The molecule has 5 nitrogen and oxygen atoms in total. The molecule has 120 valence electrons. The molecule has 1 N–H and O–H groups in total. The molecule has 8 heteroatoms. The van der Waals surface area contributed by atoms with Crippen LogP contribution in [0.15, 0.2) is 42.5 Å². The van der Waals surface area contributed by atoms with Gasteiger partial charge in [-0.3, -0.25) is 14.9 Å². The van der Waals surface area contributed by atoms with E-state index in [1.165, 1.54) is 18.2 Å². The van der Waals surface area contributed by atoms with Gasteiger partial charge in [-0.15, -0.1) is 0 Å². The molecule has 0 heterocycles. The van der Waals surface area contributed by atoms with Crippen LogP contribution in [-0.4, -0.2) is 10.8 Å². The Morgan fingerprint density at radius 2 is 1.74 bits per heavy atom. The minimum atomic E-state index is -4.47. The minimum absolute atomic E-state index is 0.0516. The van der Waals surface area contributed by atoms with Crippen molar-refractivity contribution in [3.63, 3.8) is 0 Å². The molecule has 0 bridgehead atoms. The molecule has 0 spiro atoms. The predicted octanol–water partition coefficient (Wildman–Crippen LogP) is 4.17. The Kier molecular flexibility index (Phi) is 4.35. The van der Waals surface area contributed by atoms with Crippen molar-refractivity contribution in [2.45, 2.75) is 13.1 Å². The molecule has 0 fully saturated rings. The van der Waals surface area contributed by atoms with Gasteiger partial charge in [-0.2, -0.15) is 13.2 Å². The number of nitro benzene ring substituents is 1. The Bertz CT molecular complexity index is 756. The van der Waals surface area contributed by atoms with Crippen molar-refractivity contribution in [1.82, 2.24) is 0 Å². The number of carbonyl (C=O) groups excluding carboxylic acids is 1. The van der Waals surface area contributed by atoms with Crippen LogP contribution in [0.25, 0.3) is 0 Å². The van der Waals surface area contributed by atoms with Gasteiger partial charge in [0.1, 0.15) is 0 Å². The Hall–Kier alpha value is -2.90. The van der Waals surface area contributed by atoms with Gasteiger partial charge in [-0.05, 0) is 42.8 Å². The summed E-state index contributed by atoms with van der Waals surface area (Å²) in [4.78, 5) is 22.1. The van der Waals surface area contributed by atoms with Gasteiger partial charge in [0.2, 0.25) is 0 Å². The van der Waals surface area contributed by atoms with Crippen LogP contribution in [0.3, 0.4) is 0 Å². The molecular weight excluding hydrogens is 313 g/mol. The molecule has 2 aromatic rings. The normalized spacial score (nSPS) is 11.1. The number of alkyl halides is 3. The lowest BCUT2D eigenvalue weighted by molar-refractivity contribution is -0.384. The smallest absolute Gasteiger partial charge is 0.322 e. The number of amides is 1. The van der Waals surface area contributed by atoms with E-state index in [-0.39, 0.29) is 11.3 Å². The van der Waals surface area contributed by atoms with Crippen molar-refractivity contribution < 1.29 is 22.9 Å². The summed E-state index contributed by atoms with van der Waals surface area (Å²) in [5.41, 5.74) is -0.0914. The van der Waals surface area contributed by atoms with Crippen LogP contribution in [-0.2, 0) is 6.18 Å². The fourth-order valence-electron chi connectivity index (χ4n) is 1.91. The van der Waals surface area contributed by atoms with E-state index < -0.39 is 22.6 Å². The number of hydrogen-bond acceptors (Lipinski definition) is 3. The van der Waals surface area contributed by atoms with Crippen molar-refractivity contribution in [3.8, 4) is 0 Å². The Labute approximate surface area is 128 Å². The van der Waals surface area contributed by atoms with E-state index in [9.17, 15) is 28.1 Å². The van der Waals surface area contributed by atoms with Crippen molar-refractivity contribution in [2.75, 3.05) is 5.32 Å². The van der Waals surface area contributed by atoms with E-state index in [2.05, 4.69) is 5.32 Å². The van der Waals surface area contributed by atoms with Crippen LogP contribution in [0.4, 0.5) is 24.5 Å². The quantitative estimate of drug-likeness (QED) is 0.680. The first-order valence-electron chi connectivity index (χ1n) is 6.42. The van der Waals surface area contributed by atoms with Crippen LogP contribution >= 0.6 is 0 Å². The van der Waals surface area contributed by atoms with Crippen LogP contribution < -0.4 is 5.32 Å². The Morgan fingerprint density at radius 1 is 1.13 bits per heavy atom. The highest BCUT2D eigenvalue weighted by Crippen LogP contribution is 2.29. The van der Waals surface area contributed by atoms with Gasteiger partial charge in [-0.25, -0.2) is 0 Å². The third-order valence-electron chi connectivity index (χ3n) is 3.14. The maximum atomic E-state index is 12.5. The second kappa shape index (κ2) is 6.07. The molecule has 1 amide bonds. The van der Waals surface area contributed by atoms with E-state index >= 15 is 0 Å². The molecule has 0 aliphatic carbocycles. The number of anilines is 1. The zero-order valence-corrected chi connectivity index (χ0v) is 11.8. The van der Waals surface area contributed by atoms with Gasteiger partial charge in [-0.1, -0.05) is 0 Å². The van der Waals surface area contributed by atoms with Crippen LogP contribution in [0.1, 0.15) is 21.5 Å². The van der Waals surface area contributed by atoms with E-state index in [1.54, 1.807) is 6.92 Å². The highest BCUT2D eigenvalue weighted by Gasteiger charge is 2.30. The van der Waals surface area contributed by atoms with Crippen LogP contribution in [0.2, 0.25) is 0 Å². The number of non-ortho nitro benzene ring substituents is 1. The maximum Gasteiger partial charge on any atom is 0.416 e. The number of hydrogen-bond donors (Lipinski definition) is 1. The number of nitrogens with zero attached hydrogens (tertiary/aromatic N) is 1. The fourth-order valence-corrected chi connectivity index (χ4v) is 1.91.